The van der Waals surface area contributed by atoms with E-state index in [9.17, 15) is 4.79 Å². The number of nitrogens with one attached hydrogen (secondary N) is 1. The molecule has 3 nitrogen and oxygen atoms in total. The summed E-state index contributed by atoms with van der Waals surface area (Å²) in [5.41, 5.74) is 7.31. The molecule has 1 saturated carbocycles. The molecule has 2 rings (SSSR count). The lowest BCUT2D eigenvalue weighted by Crippen LogP contribution is -2.44. The highest BCUT2D eigenvalue weighted by molar-refractivity contribution is 7.12. The minimum atomic E-state index is -0.00348. The van der Waals surface area contributed by atoms with Crippen molar-refractivity contribution in [2.75, 3.05) is 0 Å². The lowest BCUT2D eigenvalue weighted by molar-refractivity contribution is -0.127. The Morgan fingerprint density at radius 1 is 1.42 bits per heavy atom. The predicted octanol–water partition coefficient (Wildman–Crippen LogP) is 3.06. The van der Waals surface area contributed by atoms with Gasteiger partial charge < -0.3 is 11.1 Å². The number of carbonyl (C=O) groups is 1. The number of nitrogens with two attached hydrogens (primary N) is 1. The summed E-state index contributed by atoms with van der Waals surface area (Å²) in [5, 5.41) is 3.14. The summed E-state index contributed by atoms with van der Waals surface area (Å²) in [4.78, 5) is 14.9. The number of hydrogen-bond acceptors (Lipinski definition) is 3. The molecule has 0 aromatic carbocycles. The highest BCUT2D eigenvalue weighted by atomic mass is 32.1. The first kappa shape index (κ1) is 14.5. The normalized spacial score (nSPS) is 25.1. The third-order valence-electron chi connectivity index (χ3n) is 4.06. The molecule has 3 unspecified atom stereocenters. The summed E-state index contributed by atoms with van der Waals surface area (Å²) in [6, 6.07) is 2.28. The molecule has 3 atom stereocenters. The fourth-order valence-electron chi connectivity index (χ4n) is 2.96. The Morgan fingerprint density at radius 3 is 2.68 bits per heavy atom. The van der Waals surface area contributed by atoms with Gasteiger partial charge in [0.2, 0.25) is 5.91 Å². The summed E-state index contributed by atoms with van der Waals surface area (Å²) in [5.74, 6) is 0.124. The lowest BCUT2D eigenvalue weighted by atomic mass is 9.84. The lowest BCUT2D eigenvalue weighted by Gasteiger charge is -2.28. The molecule has 1 fully saturated rings. The maximum absolute atomic E-state index is 12.3. The van der Waals surface area contributed by atoms with Crippen LogP contribution in [0.1, 0.15) is 54.0 Å². The van der Waals surface area contributed by atoms with Crippen LogP contribution in [0.4, 0.5) is 0 Å². The molecule has 1 amide bonds. The average molecular weight is 280 g/mol. The van der Waals surface area contributed by atoms with Crippen LogP contribution in [0.3, 0.4) is 0 Å². The predicted molar refractivity (Wildman–Crippen MR) is 80.3 cm³/mol. The Labute approximate surface area is 119 Å². The largest absolute Gasteiger partial charge is 0.349 e. The van der Waals surface area contributed by atoms with Crippen LogP contribution in [0.15, 0.2) is 6.07 Å². The second kappa shape index (κ2) is 6.06. The van der Waals surface area contributed by atoms with Crippen LogP contribution in [0, 0.1) is 19.8 Å². The van der Waals surface area contributed by atoms with Crippen molar-refractivity contribution >= 4 is 17.2 Å². The number of aryl methyl sites for hydroxylation is 2. The van der Waals surface area contributed by atoms with E-state index in [-0.39, 0.29) is 23.9 Å². The maximum atomic E-state index is 12.3. The molecule has 1 aromatic heterocycles. The van der Waals surface area contributed by atoms with Crippen LogP contribution >= 0.6 is 11.3 Å². The Balaban J connectivity index is 2.00. The zero-order chi connectivity index (χ0) is 14.0. The van der Waals surface area contributed by atoms with Gasteiger partial charge in [0.25, 0.3) is 0 Å². The van der Waals surface area contributed by atoms with Gasteiger partial charge in [-0.3, -0.25) is 4.79 Å². The molecule has 1 aliphatic rings. The van der Waals surface area contributed by atoms with Crippen molar-refractivity contribution in [1.82, 2.24) is 5.32 Å². The van der Waals surface area contributed by atoms with E-state index in [0.29, 0.717) is 0 Å². The Hall–Kier alpha value is -0.870. The Kier molecular flexibility index (Phi) is 4.63. The van der Waals surface area contributed by atoms with Crippen LogP contribution < -0.4 is 11.1 Å². The summed E-state index contributed by atoms with van der Waals surface area (Å²) in [7, 11) is 0. The average Bonchev–Trinajstić information content (AvgIpc) is 2.69. The fourth-order valence-corrected chi connectivity index (χ4v) is 3.99. The molecule has 3 N–H and O–H groups in total. The van der Waals surface area contributed by atoms with Gasteiger partial charge in [-0.1, -0.05) is 12.8 Å². The minimum Gasteiger partial charge on any atom is -0.349 e. The Morgan fingerprint density at radius 2 is 2.11 bits per heavy atom. The number of hydrogen-bond donors (Lipinski definition) is 2. The third kappa shape index (κ3) is 3.37. The highest BCUT2D eigenvalue weighted by Crippen LogP contribution is 2.28. The number of thiophene rings is 1. The SMILES string of the molecule is Cc1cc(C(C)NC(=O)C2CCCCC2N)c(C)s1. The van der Waals surface area contributed by atoms with Gasteiger partial charge in [-0.25, -0.2) is 0 Å². The van der Waals surface area contributed by atoms with Gasteiger partial charge in [0.1, 0.15) is 0 Å². The Bertz CT molecular complexity index is 455. The first-order chi connectivity index (χ1) is 8.99. The smallest absolute Gasteiger partial charge is 0.225 e. The van der Waals surface area contributed by atoms with Crippen molar-refractivity contribution < 1.29 is 4.79 Å². The monoisotopic (exact) mass is 280 g/mol. The van der Waals surface area contributed by atoms with Gasteiger partial charge in [0.15, 0.2) is 0 Å². The summed E-state index contributed by atoms with van der Waals surface area (Å²) < 4.78 is 0. The van der Waals surface area contributed by atoms with Crippen LogP contribution in [0.5, 0.6) is 0 Å². The second-order valence-electron chi connectivity index (χ2n) is 5.65. The van der Waals surface area contributed by atoms with Crippen LogP contribution in [0.2, 0.25) is 0 Å². The van der Waals surface area contributed by atoms with E-state index in [1.54, 1.807) is 11.3 Å². The molecule has 1 heterocycles. The number of amides is 1. The summed E-state index contributed by atoms with van der Waals surface area (Å²) in [6.07, 6.45) is 4.19. The van der Waals surface area contributed by atoms with Gasteiger partial charge in [0.05, 0.1) is 12.0 Å². The van der Waals surface area contributed by atoms with Gasteiger partial charge in [-0.2, -0.15) is 0 Å². The van der Waals surface area contributed by atoms with Gasteiger partial charge in [-0.15, -0.1) is 11.3 Å². The topological polar surface area (TPSA) is 55.1 Å². The first-order valence-corrected chi connectivity index (χ1v) is 7.93. The molecule has 0 aliphatic heterocycles. The molecule has 106 valence electrons. The number of carbonyl (C=O) groups excluding carboxylic acids is 1. The van der Waals surface area contributed by atoms with Gasteiger partial charge in [0, 0.05) is 15.8 Å². The molecule has 0 bridgehead atoms. The van der Waals surface area contributed by atoms with Crippen molar-refractivity contribution in [3.8, 4) is 0 Å². The van der Waals surface area contributed by atoms with Crippen molar-refractivity contribution in [3.05, 3.63) is 21.4 Å². The standard InChI is InChI=1S/C15H24N2OS/c1-9-8-13(11(3)19-9)10(2)17-15(18)12-6-4-5-7-14(12)16/h8,10,12,14H,4-7,16H2,1-3H3,(H,17,18). The van der Waals surface area contributed by atoms with Gasteiger partial charge >= 0.3 is 0 Å². The fraction of sp³-hybridized carbons (Fsp3) is 0.667. The summed E-state index contributed by atoms with van der Waals surface area (Å²) >= 11 is 1.78. The number of rotatable bonds is 3. The highest BCUT2D eigenvalue weighted by Gasteiger charge is 2.29. The van der Waals surface area contributed by atoms with Crippen LogP contribution in [-0.4, -0.2) is 11.9 Å². The molecule has 1 aromatic rings. The molecule has 0 spiro atoms. The van der Waals surface area contributed by atoms with E-state index in [1.165, 1.54) is 15.3 Å². The van der Waals surface area contributed by atoms with Crippen molar-refractivity contribution in [3.63, 3.8) is 0 Å². The quantitative estimate of drug-likeness (QED) is 0.894. The van der Waals surface area contributed by atoms with Crippen LogP contribution in [0.25, 0.3) is 0 Å². The first-order valence-electron chi connectivity index (χ1n) is 7.12. The van der Waals surface area contributed by atoms with E-state index in [4.69, 9.17) is 5.73 Å². The third-order valence-corrected chi connectivity index (χ3v) is 5.04. The zero-order valence-electron chi connectivity index (χ0n) is 12.0. The molecule has 0 saturated heterocycles. The van der Waals surface area contributed by atoms with E-state index < -0.39 is 0 Å². The van der Waals surface area contributed by atoms with E-state index >= 15 is 0 Å². The molecule has 4 heteroatoms. The van der Waals surface area contributed by atoms with E-state index in [0.717, 1.165) is 25.7 Å². The zero-order valence-corrected chi connectivity index (χ0v) is 12.8. The molecule has 1 aliphatic carbocycles. The molecular formula is C15H24N2OS. The van der Waals surface area contributed by atoms with E-state index in [2.05, 4.69) is 32.2 Å². The van der Waals surface area contributed by atoms with E-state index in [1.807, 2.05) is 0 Å². The molecule has 0 radical (unpaired) electrons. The van der Waals surface area contributed by atoms with Crippen molar-refractivity contribution in [1.29, 1.82) is 0 Å². The van der Waals surface area contributed by atoms with Crippen molar-refractivity contribution in [2.24, 2.45) is 11.7 Å². The molecular weight excluding hydrogens is 256 g/mol. The maximum Gasteiger partial charge on any atom is 0.225 e. The molecule has 19 heavy (non-hydrogen) atoms. The summed E-state index contributed by atoms with van der Waals surface area (Å²) in [6.45, 7) is 6.27. The van der Waals surface area contributed by atoms with Gasteiger partial charge in [-0.05, 0) is 45.2 Å². The van der Waals surface area contributed by atoms with Crippen LogP contribution in [-0.2, 0) is 4.79 Å². The second-order valence-corrected chi connectivity index (χ2v) is 7.11. The van der Waals surface area contributed by atoms with Crippen molar-refractivity contribution in [2.45, 2.75) is 58.5 Å². The minimum absolute atomic E-state index is 0.00348.